The summed E-state index contributed by atoms with van der Waals surface area (Å²) in [6.45, 7) is 1.42. The number of oxazole rings is 1. The zero-order chi connectivity index (χ0) is 18.8. The van der Waals surface area contributed by atoms with Crippen molar-refractivity contribution in [3.8, 4) is 5.75 Å². The number of rotatable bonds is 2. The Kier molecular flexibility index (Phi) is 4.64. The molecule has 1 aliphatic heterocycles. The number of carbonyl (C=O) groups is 2. The van der Waals surface area contributed by atoms with Gasteiger partial charge < -0.3 is 19.0 Å². The van der Waals surface area contributed by atoms with Crippen molar-refractivity contribution in [1.82, 2.24) is 19.8 Å². The molecule has 8 nitrogen and oxygen atoms in total. The zero-order valence-corrected chi connectivity index (χ0v) is 14.9. The molecule has 0 N–H and O–H groups in total. The van der Waals surface area contributed by atoms with E-state index in [9.17, 15) is 9.59 Å². The molecule has 3 aromatic rings. The molecule has 0 atom stereocenters. The Bertz CT molecular complexity index is 983. The van der Waals surface area contributed by atoms with Crippen LogP contribution in [0.25, 0.3) is 11.1 Å². The Balaban J connectivity index is 1.39. The highest BCUT2D eigenvalue weighted by molar-refractivity contribution is 6.34. The predicted molar refractivity (Wildman–Crippen MR) is 96.8 cm³/mol. The minimum absolute atomic E-state index is 0.00973. The number of halogens is 1. The van der Waals surface area contributed by atoms with Crippen LogP contribution in [0.15, 0.2) is 47.1 Å². The fraction of sp³-hybridized carbons (Fsp3) is 0.222. The average molecular weight is 387 g/mol. The van der Waals surface area contributed by atoms with E-state index in [0.717, 1.165) is 0 Å². The molecule has 2 amide bonds. The Morgan fingerprint density at radius 2 is 1.85 bits per heavy atom. The number of amides is 2. The van der Waals surface area contributed by atoms with Gasteiger partial charge in [-0.3, -0.25) is 9.78 Å². The quantitative estimate of drug-likeness (QED) is 0.672. The molecule has 0 unspecified atom stereocenters. The lowest BCUT2D eigenvalue weighted by Crippen LogP contribution is -2.51. The Morgan fingerprint density at radius 1 is 1.07 bits per heavy atom. The van der Waals surface area contributed by atoms with Crippen LogP contribution in [0.4, 0.5) is 4.79 Å². The number of carbonyl (C=O) groups excluding carboxylic acids is 2. The van der Waals surface area contributed by atoms with Crippen LogP contribution in [-0.2, 0) is 0 Å². The minimum Gasteiger partial charge on any atom is -0.432 e. The first-order valence-electron chi connectivity index (χ1n) is 8.33. The Hall–Kier alpha value is -3.13. The van der Waals surface area contributed by atoms with E-state index in [0.29, 0.717) is 48.1 Å². The lowest BCUT2D eigenvalue weighted by molar-refractivity contribution is 0.0599. The SMILES string of the molecule is O=C(Oc1cccnc1)N1CCN(C(=O)c2nc3c(Cl)cccc3o2)CC1. The molecule has 27 heavy (non-hydrogen) atoms. The number of hydrogen-bond acceptors (Lipinski definition) is 6. The van der Waals surface area contributed by atoms with E-state index in [-0.39, 0.29) is 11.8 Å². The lowest BCUT2D eigenvalue weighted by atomic mass is 10.3. The van der Waals surface area contributed by atoms with Crippen LogP contribution >= 0.6 is 11.6 Å². The van der Waals surface area contributed by atoms with Gasteiger partial charge in [-0.15, -0.1) is 0 Å². The Labute approximate surface area is 159 Å². The fourth-order valence-electron chi connectivity index (χ4n) is 2.81. The average Bonchev–Trinajstić information content (AvgIpc) is 3.14. The maximum Gasteiger partial charge on any atom is 0.415 e. The fourth-order valence-corrected chi connectivity index (χ4v) is 3.01. The van der Waals surface area contributed by atoms with Crippen molar-refractivity contribution in [1.29, 1.82) is 0 Å². The van der Waals surface area contributed by atoms with Crippen molar-refractivity contribution in [2.24, 2.45) is 0 Å². The number of aromatic nitrogens is 2. The number of para-hydroxylation sites is 1. The monoisotopic (exact) mass is 386 g/mol. The molecule has 3 heterocycles. The molecule has 0 spiro atoms. The molecule has 1 saturated heterocycles. The van der Waals surface area contributed by atoms with Crippen molar-refractivity contribution < 1.29 is 18.7 Å². The van der Waals surface area contributed by atoms with Crippen LogP contribution in [0.3, 0.4) is 0 Å². The van der Waals surface area contributed by atoms with Crippen LogP contribution in [0.1, 0.15) is 10.7 Å². The van der Waals surface area contributed by atoms with E-state index in [1.54, 1.807) is 46.3 Å². The highest BCUT2D eigenvalue weighted by Gasteiger charge is 2.28. The van der Waals surface area contributed by atoms with Gasteiger partial charge in [-0.2, -0.15) is 0 Å². The minimum atomic E-state index is -0.469. The van der Waals surface area contributed by atoms with E-state index >= 15 is 0 Å². The van der Waals surface area contributed by atoms with Crippen LogP contribution < -0.4 is 4.74 Å². The summed E-state index contributed by atoms with van der Waals surface area (Å²) < 4.78 is 10.8. The number of fused-ring (bicyclic) bond motifs is 1. The van der Waals surface area contributed by atoms with Crippen LogP contribution in [0, 0.1) is 0 Å². The normalized spacial score (nSPS) is 14.4. The van der Waals surface area contributed by atoms with Gasteiger partial charge in [0.15, 0.2) is 11.3 Å². The van der Waals surface area contributed by atoms with Gasteiger partial charge >= 0.3 is 12.0 Å². The van der Waals surface area contributed by atoms with Crippen molar-refractivity contribution in [3.05, 3.63) is 53.6 Å². The van der Waals surface area contributed by atoms with E-state index in [2.05, 4.69) is 9.97 Å². The summed E-state index contributed by atoms with van der Waals surface area (Å²) in [6.07, 6.45) is 2.60. The van der Waals surface area contributed by atoms with Gasteiger partial charge in [0, 0.05) is 32.4 Å². The Morgan fingerprint density at radius 3 is 2.56 bits per heavy atom. The van der Waals surface area contributed by atoms with Crippen LogP contribution in [-0.4, -0.2) is 57.9 Å². The predicted octanol–water partition coefficient (Wildman–Crippen LogP) is 2.83. The summed E-state index contributed by atoms with van der Waals surface area (Å²) in [5, 5.41) is 0.429. The molecular formula is C18H15ClN4O4. The van der Waals surface area contributed by atoms with E-state index < -0.39 is 6.09 Å². The number of nitrogens with zero attached hydrogens (tertiary/aromatic N) is 4. The highest BCUT2D eigenvalue weighted by Crippen LogP contribution is 2.24. The topological polar surface area (TPSA) is 88.8 Å². The van der Waals surface area contributed by atoms with Crippen molar-refractivity contribution in [3.63, 3.8) is 0 Å². The molecule has 0 radical (unpaired) electrons. The van der Waals surface area contributed by atoms with Gasteiger partial charge in [-0.25, -0.2) is 9.78 Å². The van der Waals surface area contributed by atoms with Gasteiger partial charge in [0.05, 0.1) is 11.2 Å². The number of piperazine rings is 1. The zero-order valence-electron chi connectivity index (χ0n) is 14.2. The van der Waals surface area contributed by atoms with Gasteiger partial charge in [0.1, 0.15) is 5.52 Å². The maximum absolute atomic E-state index is 12.6. The molecule has 1 aliphatic rings. The number of pyridine rings is 1. The van der Waals surface area contributed by atoms with E-state index in [4.69, 9.17) is 20.8 Å². The molecule has 0 bridgehead atoms. The number of ether oxygens (including phenoxy) is 1. The summed E-state index contributed by atoms with van der Waals surface area (Å²) in [5.41, 5.74) is 0.922. The van der Waals surface area contributed by atoms with Crippen molar-refractivity contribution in [2.75, 3.05) is 26.2 Å². The second kappa shape index (κ2) is 7.24. The summed E-state index contributed by atoms with van der Waals surface area (Å²) in [7, 11) is 0. The molecule has 9 heteroatoms. The van der Waals surface area contributed by atoms with Gasteiger partial charge in [0.2, 0.25) is 0 Å². The third-order valence-corrected chi connectivity index (χ3v) is 4.52. The second-order valence-electron chi connectivity index (χ2n) is 5.94. The van der Waals surface area contributed by atoms with Gasteiger partial charge in [-0.1, -0.05) is 17.7 Å². The molecule has 138 valence electrons. The van der Waals surface area contributed by atoms with Crippen molar-refractivity contribution in [2.45, 2.75) is 0 Å². The number of hydrogen-bond donors (Lipinski definition) is 0. The number of benzene rings is 1. The largest absolute Gasteiger partial charge is 0.432 e. The standard InChI is InChI=1S/C18H15ClN4O4/c19-13-4-1-5-14-15(13)21-16(27-14)17(24)22-7-9-23(10-8-22)18(25)26-12-3-2-6-20-11-12/h1-6,11H,7-10H2. The summed E-state index contributed by atoms with van der Waals surface area (Å²) in [5.74, 6) is 0.0383. The van der Waals surface area contributed by atoms with Crippen LogP contribution in [0.2, 0.25) is 5.02 Å². The third kappa shape index (κ3) is 3.56. The first-order valence-corrected chi connectivity index (χ1v) is 8.71. The van der Waals surface area contributed by atoms with E-state index in [1.807, 2.05) is 0 Å². The molecule has 1 fully saturated rings. The molecule has 2 aromatic heterocycles. The van der Waals surface area contributed by atoms with Crippen molar-refractivity contribution >= 4 is 34.7 Å². The van der Waals surface area contributed by atoms with E-state index in [1.165, 1.54) is 6.20 Å². The smallest absolute Gasteiger partial charge is 0.415 e. The highest BCUT2D eigenvalue weighted by atomic mass is 35.5. The second-order valence-corrected chi connectivity index (χ2v) is 6.35. The first kappa shape index (κ1) is 17.3. The molecular weight excluding hydrogens is 372 g/mol. The van der Waals surface area contributed by atoms with Gasteiger partial charge in [-0.05, 0) is 24.3 Å². The molecule has 4 rings (SSSR count). The third-order valence-electron chi connectivity index (χ3n) is 4.22. The molecule has 0 aliphatic carbocycles. The van der Waals surface area contributed by atoms with Crippen LogP contribution in [0.5, 0.6) is 5.75 Å². The lowest BCUT2D eigenvalue weighted by Gasteiger charge is -2.33. The van der Waals surface area contributed by atoms with Gasteiger partial charge in [0.25, 0.3) is 5.89 Å². The summed E-state index contributed by atoms with van der Waals surface area (Å²) >= 11 is 6.07. The summed E-state index contributed by atoms with van der Waals surface area (Å²) in [4.78, 5) is 36.1. The molecule has 1 aromatic carbocycles. The summed E-state index contributed by atoms with van der Waals surface area (Å²) in [6, 6.07) is 8.47. The molecule has 0 saturated carbocycles. The first-order chi connectivity index (χ1) is 13.1. The maximum atomic E-state index is 12.6.